The second kappa shape index (κ2) is 7.65. The van der Waals surface area contributed by atoms with Crippen molar-refractivity contribution in [1.29, 1.82) is 0 Å². The molecule has 1 aliphatic heterocycles. The number of carbonyl (C=O) groups is 1. The van der Waals surface area contributed by atoms with Gasteiger partial charge in [-0.05, 0) is 18.6 Å². The fourth-order valence-electron chi connectivity index (χ4n) is 2.80. The molecule has 1 aromatic carbocycles. The molecule has 0 aliphatic carbocycles. The molecule has 0 aromatic heterocycles. The van der Waals surface area contributed by atoms with E-state index in [1.807, 2.05) is 6.92 Å². The largest absolute Gasteiger partial charge is 0.395 e. The smallest absolute Gasteiger partial charge is 0.227 e. The molecule has 1 heterocycles. The number of halogens is 2. The third kappa shape index (κ3) is 3.81. The highest BCUT2D eigenvalue weighted by atomic mass is 19.1. The summed E-state index contributed by atoms with van der Waals surface area (Å²) in [6.07, 6.45) is 0.598. The van der Waals surface area contributed by atoms with Crippen molar-refractivity contribution in [3.05, 3.63) is 35.4 Å². The summed E-state index contributed by atoms with van der Waals surface area (Å²) in [5, 5.41) is 9.30. The summed E-state index contributed by atoms with van der Waals surface area (Å²) in [5.74, 6) is -1.63. The number of aliphatic hydroxyl groups is 1. The third-order valence-corrected chi connectivity index (χ3v) is 4.26. The lowest BCUT2D eigenvalue weighted by Crippen LogP contribution is -2.53. The van der Waals surface area contributed by atoms with Crippen LogP contribution in [0.1, 0.15) is 18.9 Å². The number of aliphatic hydroxyl groups excluding tert-OH is 1. The summed E-state index contributed by atoms with van der Waals surface area (Å²) in [5.41, 5.74) is -0.170. The summed E-state index contributed by atoms with van der Waals surface area (Å²) in [6.45, 7) is 4.50. The number of piperazine rings is 1. The predicted molar refractivity (Wildman–Crippen MR) is 79.4 cm³/mol. The molecule has 0 spiro atoms. The standard InChI is InChI=1S/C16H22F2N2O2/c1-2-12(11-21)19-6-8-20(9-7-19)16(22)10-13-14(17)4-3-5-15(13)18/h3-5,12,21H,2,6-11H2,1H3. The lowest BCUT2D eigenvalue weighted by Gasteiger charge is -2.38. The number of rotatable bonds is 5. The molecule has 122 valence electrons. The summed E-state index contributed by atoms with van der Waals surface area (Å²) in [7, 11) is 0. The molecule has 1 saturated heterocycles. The highest BCUT2D eigenvalue weighted by molar-refractivity contribution is 5.79. The summed E-state index contributed by atoms with van der Waals surface area (Å²) >= 11 is 0. The van der Waals surface area contributed by atoms with Crippen LogP contribution in [-0.4, -0.2) is 59.6 Å². The molecule has 1 N–H and O–H groups in total. The number of amides is 1. The lowest BCUT2D eigenvalue weighted by molar-refractivity contribution is -0.132. The van der Waals surface area contributed by atoms with Crippen LogP contribution in [0.4, 0.5) is 8.78 Å². The zero-order valence-corrected chi connectivity index (χ0v) is 12.8. The number of hydrogen-bond donors (Lipinski definition) is 1. The van der Waals surface area contributed by atoms with E-state index in [2.05, 4.69) is 4.90 Å². The van der Waals surface area contributed by atoms with Crippen molar-refractivity contribution in [1.82, 2.24) is 9.80 Å². The minimum absolute atomic E-state index is 0.102. The van der Waals surface area contributed by atoms with Gasteiger partial charge < -0.3 is 10.0 Å². The lowest BCUT2D eigenvalue weighted by atomic mass is 10.1. The van der Waals surface area contributed by atoms with E-state index < -0.39 is 11.6 Å². The number of carbonyl (C=O) groups excluding carboxylic acids is 1. The zero-order chi connectivity index (χ0) is 16.1. The maximum atomic E-state index is 13.6. The van der Waals surface area contributed by atoms with Crippen LogP contribution >= 0.6 is 0 Å². The molecule has 1 aromatic rings. The average molecular weight is 312 g/mol. The zero-order valence-electron chi connectivity index (χ0n) is 12.8. The fourth-order valence-corrected chi connectivity index (χ4v) is 2.80. The van der Waals surface area contributed by atoms with Gasteiger partial charge in [-0.3, -0.25) is 9.69 Å². The van der Waals surface area contributed by atoms with Crippen LogP contribution in [0.25, 0.3) is 0 Å². The molecule has 1 atom stereocenters. The topological polar surface area (TPSA) is 43.8 Å². The molecule has 1 aliphatic rings. The van der Waals surface area contributed by atoms with Crippen LogP contribution < -0.4 is 0 Å². The van der Waals surface area contributed by atoms with Gasteiger partial charge in [-0.2, -0.15) is 0 Å². The molecular formula is C16H22F2N2O2. The Hall–Kier alpha value is -1.53. The van der Waals surface area contributed by atoms with Crippen molar-refractivity contribution >= 4 is 5.91 Å². The van der Waals surface area contributed by atoms with Crippen LogP contribution in [0.15, 0.2) is 18.2 Å². The van der Waals surface area contributed by atoms with Gasteiger partial charge in [0.2, 0.25) is 5.91 Å². The third-order valence-electron chi connectivity index (χ3n) is 4.26. The van der Waals surface area contributed by atoms with Gasteiger partial charge in [0.15, 0.2) is 0 Å². The van der Waals surface area contributed by atoms with Gasteiger partial charge in [-0.25, -0.2) is 8.78 Å². The Morgan fingerprint density at radius 3 is 2.32 bits per heavy atom. The molecule has 0 bridgehead atoms. The molecule has 2 rings (SSSR count). The van der Waals surface area contributed by atoms with Gasteiger partial charge in [-0.15, -0.1) is 0 Å². The van der Waals surface area contributed by atoms with Crippen LogP contribution in [0.3, 0.4) is 0 Å². The van der Waals surface area contributed by atoms with E-state index in [1.54, 1.807) is 4.90 Å². The average Bonchev–Trinajstić information content (AvgIpc) is 2.53. The normalized spacial score (nSPS) is 17.5. The molecule has 0 saturated carbocycles. The molecular weight excluding hydrogens is 290 g/mol. The molecule has 6 heteroatoms. The van der Waals surface area contributed by atoms with Gasteiger partial charge in [0.25, 0.3) is 0 Å². The predicted octanol–water partition coefficient (Wildman–Crippen LogP) is 1.42. The minimum atomic E-state index is -0.682. The number of hydrogen-bond acceptors (Lipinski definition) is 3. The summed E-state index contributed by atoms with van der Waals surface area (Å²) < 4.78 is 27.2. The second-order valence-corrected chi connectivity index (χ2v) is 5.54. The quantitative estimate of drug-likeness (QED) is 0.894. The van der Waals surface area contributed by atoms with Gasteiger partial charge in [-0.1, -0.05) is 13.0 Å². The van der Waals surface area contributed by atoms with Gasteiger partial charge in [0.1, 0.15) is 11.6 Å². The van der Waals surface area contributed by atoms with Crippen LogP contribution in [0.5, 0.6) is 0 Å². The van der Waals surface area contributed by atoms with Gasteiger partial charge in [0, 0.05) is 37.8 Å². The Bertz CT molecular complexity index is 493. The first-order valence-electron chi connectivity index (χ1n) is 7.62. The maximum Gasteiger partial charge on any atom is 0.227 e. The fraction of sp³-hybridized carbons (Fsp3) is 0.562. The Morgan fingerprint density at radius 2 is 1.82 bits per heavy atom. The van der Waals surface area contributed by atoms with E-state index in [9.17, 15) is 18.7 Å². The molecule has 1 amide bonds. The van der Waals surface area contributed by atoms with Crippen LogP contribution in [0.2, 0.25) is 0 Å². The highest BCUT2D eigenvalue weighted by Crippen LogP contribution is 2.15. The molecule has 22 heavy (non-hydrogen) atoms. The Kier molecular flexibility index (Phi) is 5.85. The van der Waals surface area contributed by atoms with E-state index in [0.29, 0.717) is 26.2 Å². The molecule has 4 nitrogen and oxygen atoms in total. The first-order chi connectivity index (χ1) is 10.6. The minimum Gasteiger partial charge on any atom is -0.395 e. The first-order valence-corrected chi connectivity index (χ1v) is 7.62. The second-order valence-electron chi connectivity index (χ2n) is 5.54. The van der Waals surface area contributed by atoms with E-state index in [-0.39, 0.29) is 30.5 Å². The highest BCUT2D eigenvalue weighted by Gasteiger charge is 2.25. The molecule has 1 unspecified atom stereocenters. The SMILES string of the molecule is CCC(CO)N1CCN(C(=O)Cc2c(F)cccc2F)CC1. The summed E-state index contributed by atoms with van der Waals surface area (Å²) in [4.78, 5) is 16.0. The number of nitrogens with zero attached hydrogens (tertiary/aromatic N) is 2. The van der Waals surface area contributed by atoms with Crippen molar-refractivity contribution in [2.24, 2.45) is 0 Å². The van der Waals surface area contributed by atoms with Crippen molar-refractivity contribution in [2.45, 2.75) is 25.8 Å². The Morgan fingerprint density at radius 1 is 1.23 bits per heavy atom. The van der Waals surface area contributed by atoms with E-state index >= 15 is 0 Å². The molecule has 1 fully saturated rings. The van der Waals surface area contributed by atoms with E-state index in [0.717, 1.165) is 18.6 Å². The monoisotopic (exact) mass is 312 g/mol. The van der Waals surface area contributed by atoms with Gasteiger partial charge >= 0.3 is 0 Å². The maximum absolute atomic E-state index is 13.6. The van der Waals surface area contributed by atoms with Gasteiger partial charge in [0.05, 0.1) is 13.0 Å². The van der Waals surface area contributed by atoms with Crippen molar-refractivity contribution in [2.75, 3.05) is 32.8 Å². The van der Waals surface area contributed by atoms with Crippen molar-refractivity contribution < 1.29 is 18.7 Å². The van der Waals surface area contributed by atoms with Crippen molar-refractivity contribution in [3.8, 4) is 0 Å². The molecule has 0 radical (unpaired) electrons. The summed E-state index contributed by atoms with van der Waals surface area (Å²) in [6, 6.07) is 3.73. The van der Waals surface area contributed by atoms with Crippen LogP contribution in [0, 0.1) is 11.6 Å². The van der Waals surface area contributed by atoms with E-state index in [4.69, 9.17) is 0 Å². The van der Waals surface area contributed by atoms with Crippen LogP contribution in [-0.2, 0) is 11.2 Å². The van der Waals surface area contributed by atoms with E-state index in [1.165, 1.54) is 6.07 Å². The first kappa shape index (κ1) is 16.8. The number of benzene rings is 1. The Balaban J connectivity index is 1.93. The Labute approximate surface area is 129 Å². The van der Waals surface area contributed by atoms with Crippen molar-refractivity contribution in [3.63, 3.8) is 0 Å².